The highest BCUT2D eigenvalue weighted by atomic mass is 16.5. The largest absolute Gasteiger partial charge is 0.425 e. The molecule has 0 N–H and O–H groups in total. The zero-order valence-corrected chi connectivity index (χ0v) is 14.8. The topological polar surface area (TPSA) is 80.8 Å². The Morgan fingerprint density at radius 1 is 1.00 bits per heavy atom. The molecule has 0 unspecified atom stereocenters. The van der Waals surface area contributed by atoms with Crippen molar-refractivity contribution in [3.8, 4) is 5.75 Å². The van der Waals surface area contributed by atoms with Gasteiger partial charge in [0.1, 0.15) is 12.3 Å². The van der Waals surface area contributed by atoms with Crippen molar-refractivity contribution in [3.05, 3.63) is 42.0 Å². The number of benzene rings is 1. The van der Waals surface area contributed by atoms with E-state index in [0.29, 0.717) is 17.4 Å². The fourth-order valence-corrected chi connectivity index (χ4v) is 5.23. The quantitative estimate of drug-likeness (QED) is 0.267. The van der Waals surface area contributed by atoms with Gasteiger partial charge < -0.3 is 4.74 Å². The Labute approximate surface area is 156 Å². The Morgan fingerprint density at radius 2 is 1.56 bits per heavy atom. The molecule has 1 heterocycles. The second kappa shape index (κ2) is 5.62. The number of hydrogen-bond acceptors (Lipinski definition) is 5. The lowest BCUT2D eigenvalue weighted by atomic mass is 9.63. The smallest absolute Gasteiger partial charge is 0.331 e. The number of rotatable bonds is 4. The van der Waals surface area contributed by atoms with Gasteiger partial charge >= 0.3 is 5.97 Å². The molecule has 1 aromatic rings. The summed E-state index contributed by atoms with van der Waals surface area (Å²) in [6.45, 7) is 1.09. The number of amides is 2. The Kier molecular flexibility index (Phi) is 3.41. The van der Waals surface area contributed by atoms with E-state index in [1.165, 1.54) is 19.1 Å². The molecule has 5 aliphatic rings. The van der Waals surface area contributed by atoms with E-state index >= 15 is 0 Å². The molecule has 2 saturated carbocycles. The number of carbonyl (C=O) groups is 4. The molecule has 1 aliphatic heterocycles. The van der Waals surface area contributed by atoms with E-state index in [-0.39, 0.29) is 53.6 Å². The van der Waals surface area contributed by atoms with Gasteiger partial charge in [0.05, 0.1) is 11.8 Å². The zero-order chi connectivity index (χ0) is 18.9. The minimum atomic E-state index is -0.656. The average molecular weight is 365 g/mol. The Morgan fingerprint density at radius 3 is 2.07 bits per heavy atom. The van der Waals surface area contributed by atoms with Crippen LogP contribution in [0.15, 0.2) is 36.4 Å². The summed E-state index contributed by atoms with van der Waals surface area (Å²) >= 11 is 0. The summed E-state index contributed by atoms with van der Waals surface area (Å²) in [6.07, 6.45) is 5.31. The SMILES string of the molecule is CC(=O)c1ccc(OC(=O)CN2C(=O)[C@H]3[C@@H]4C=C[C@H]([C@H]5C[C@H]45)[C@@H]3C2=O)cc1. The number of imide groups is 1. The van der Waals surface area contributed by atoms with Crippen LogP contribution in [-0.2, 0) is 14.4 Å². The summed E-state index contributed by atoms with van der Waals surface area (Å²) in [5.41, 5.74) is 0.519. The van der Waals surface area contributed by atoms with Crippen molar-refractivity contribution in [2.45, 2.75) is 13.3 Å². The highest BCUT2D eigenvalue weighted by Gasteiger charge is 2.67. The third-order valence-corrected chi connectivity index (χ3v) is 6.53. The lowest BCUT2D eigenvalue weighted by Crippen LogP contribution is -2.40. The predicted octanol–water partition coefficient (Wildman–Crippen LogP) is 1.85. The number of likely N-dealkylation sites (tertiary alicyclic amines) is 1. The van der Waals surface area contributed by atoms with Crippen LogP contribution in [0.2, 0.25) is 0 Å². The molecular weight excluding hydrogens is 346 g/mol. The van der Waals surface area contributed by atoms with Crippen molar-refractivity contribution in [1.82, 2.24) is 4.90 Å². The summed E-state index contributed by atoms with van der Waals surface area (Å²) in [5, 5.41) is 0. The van der Waals surface area contributed by atoms with Crippen LogP contribution in [0.4, 0.5) is 0 Å². The summed E-state index contributed by atoms with van der Waals surface area (Å²) in [7, 11) is 0. The second-order valence-corrected chi connectivity index (χ2v) is 7.97. The predicted molar refractivity (Wildman–Crippen MR) is 93.5 cm³/mol. The molecule has 4 aliphatic carbocycles. The number of ketones is 1. The van der Waals surface area contributed by atoms with E-state index in [2.05, 4.69) is 12.2 Å². The van der Waals surface area contributed by atoms with E-state index in [0.717, 1.165) is 11.3 Å². The van der Waals surface area contributed by atoms with Crippen molar-refractivity contribution >= 4 is 23.6 Å². The summed E-state index contributed by atoms with van der Waals surface area (Å²) < 4.78 is 5.25. The molecule has 0 spiro atoms. The molecule has 3 fully saturated rings. The van der Waals surface area contributed by atoms with Crippen LogP contribution in [0.5, 0.6) is 5.75 Å². The van der Waals surface area contributed by atoms with Gasteiger partial charge in [-0.2, -0.15) is 0 Å². The van der Waals surface area contributed by atoms with E-state index in [1.54, 1.807) is 12.1 Å². The molecule has 2 bridgehead atoms. The molecule has 6 rings (SSSR count). The first-order valence-electron chi connectivity index (χ1n) is 9.31. The van der Waals surface area contributed by atoms with Gasteiger partial charge in [0.15, 0.2) is 5.78 Å². The average Bonchev–Trinajstić information content (AvgIpc) is 3.43. The maximum Gasteiger partial charge on any atom is 0.331 e. The van der Waals surface area contributed by atoms with Crippen LogP contribution in [-0.4, -0.2) is 35.0 Å². The van der Waals surface area contributed by atoms with Crippen LogP contribution >= 0.6 is 0 Å². The van der Waals surface area contributed by atoms with Crippen LogP contribution in [0, 0.1) is 35.5 Å². The minimum Gasteiger partial charge on any atom is -0.425 e. The number of allylic oxidation sites excluding steroid dienone is 2. The molecule has 0 radical (unpaired) electrons. The molecule has 0 aromatic heterocycles. The number of carbonyl (C=O) groups excluding carboxylic acids is 4. The number of esters is 1. The van der Waals surface area contributed by atoms with Crippen LogP contribution < -0.4 is 4.74 Å². The first-order chi connectivity index (χ1) is 13.0. The Balaban J connectivity index is 1.29. The molecular formula is C21H19NO5. The number of ether oxygens (including phenoxy) is 1. The fourth-order valence-electron chi connectivity index (χ4n) is 5.23. The maximum absolute atomic E-state index is 12.8. The molecule has 6 atom stereocenters. The van der Waals surface area contributed by atoms with E-state index < -0.39 is 5.97 Å². The highest BCUT2D eigenvalue weighted by molar-refractivity contribution is 6.08. The molecule has 6 nitrogen and oxygen atoms in total. The minimum absolute atomic E-state index is 0.0787. The molecule has 1 aromatic carbocycles. The maximum atomic E-state index is 12.8. The molecule has 27 heavy (non-hydrogen) atoms. The van der Waals surface area contributed by atoms with Crippen molar-refractivity contribution in [3.63, 3.8) is 0 Å². The first-order valence-corrected chi connectivity index (χ1v) is 9.31. The van der Waals surface area contributed by atoms with Crippen LogP contribution in [0.25, 0.3) is 0 Å². The van der Waals surface area contributed by atoms with Crippen molar-refractivity contribution in [2.75, 3.05) is 6.54 Å². The van der Waals surface area contributed by atoms with Gasteiger partial charge in [-0.25, -0.2) is 4.79 Å². The van der Waals surface area contributed by atoms with E-state index in [9.17, 15) is 19.2 Å². The van der Waals surface area contributed by atoms with Crippen molar-refractivity contribution < 1.29 is 23.9 Å². The van der Waals surface area contributed by atoms with Crippen molar-refractivity contribution in [1.29, 1.82) is 0 Å². The van der Waals surface area contributed by atoms with Gasteiger partial charge in [-0.15, -0.1) is 0 Å². The Bertz CT molecular complexity index is 866. The second-order valence-electron chi connectivity index (χ2n) is 7.97. The summed E-state index contributed by atoms with van der Waals surface area (Å²) in [6, 6.07) is 6.20. The number of hydrogen-bond donors (Lipinski definition) is 0. The van der Waals surface area contributed by atoms with E-state index in [1.807, 2.05) is 0 Å². The van der Waals surface area contributed by atoms with Gasteiger partial charge in [0.2, 0.25) is 11.8 Å². The fraction of sp³-hybridized carbons (Fsp3) is 0.429. The normalized spacial score (nSPS) is 35.1. The van der Waals surface area contributed by atoms with Gasteiger partial charge in [0.25, 0.3) is 0 Å². The van der Waals surface area contributed by atoms with Crippen LogP contribution in [0.3, 0.4) is 0 Å². The zero-order valence-electron chi connectivity index (χ0n) is 14.8. The van der Waals surface area contributed by atoms with Gasteiger partial charge in [-0.3, -0.25) is 19.3 Å². The molecule has 1 saturated heterocycles. The van der Waals surface area contributed by atoms with Gasteiger partial charge in [-0.05, 0) is 61.3 Å². The van der Waals surface area contributed by atoms with Crippen molar-refractivity contribution in [2.24, 2.45) is 35.5 Å². The summed E-state index contributed by atoms with van der Waals surface area (Å²) in [4.78, 5) is 50.3. The first kappa shape index (κ1) is 16.4. The molecule has 6 heteroatoms. The van der Waals surface area contributed by atoms with Gasteiger partial charge in [-0.1, -0.05) is 12.2 Å². The number of nitrogens with zero attached hydrogens (tertiary/aromatic N) is 1. The molecule has 138 valence electrons. The highest BCUT2D eigenvalue weighted by Crippen LogP contribution is 2.65. The lowest BCUT2D eigenvalue weighted by Gasteiger charge is -2.37. The molecule has 2 amide bonds. The third kappa shape index (κ3) is 2.39. The number of Topliss-reactive ketones (excluding diaryl/α,β-unsaturated/α-hetero) is 1. The van der Waals surface area contributed by atoms with Gasteiger partial charge in [0, 0.05) is 5.56 Å². The monoisotopic (exact) mass is 365 g/mol. The Hall–Kier alpha value is -2.76. The van der Waals surface area contributed by atoms with E-state index in [4.69, 9.17) is 4.74 Å². The van der Waals surface area contributed by atoms with Crippen LogP contribution in [0.1, 0.15) is 23.7 Å². The summed E-state index contributed by atoms with van der Waals surface area (Å²) in [5.74, 6) is -0.196. The lowest BCUT2D eigenvalue weighted by molar-refractivity contribution is -0.148. The third-order valence-electron chi connectivity index (χ3n) is 6.53. The standard InChI is InChI=1S/C21H19NO5/c1-10(23)11-2-4-12(5-3-11)27-17(24)9-22-20(25)18-13-6-7-14(16-8-15(13)16)19(18)21(22)26/h2-7,13-16,18-19H,8-9H2,1H3/t13-,14-,15-,16-,18+,19+/m1/s1.